The van der Waals surface area contributed by atoms with Gasteiger partial charge in [-0.3, -0.25) is 4.68 Å². The second-order valence-corrected chi connectivity index (χ2v) is 4.82. The van der Waals surface area contributed by atoms with Gasteiger partial charge in [-0.25, -0.2) is 0 Å². The molecule has 0 aliphatic carbocycles. The zero-order valence-electron chi connectivity index (χ0n) is 9.74. The van der Waals surface area contributed by atoms with E-state index in [0.29, 0.717) is 20.9 Å². The van der Waals surface area contributed by atoms with Crippen molar-refractivity contribution in [3.8, 4) is 23.1 Å². The molecule has 92 valence electrons. The topological polar surface area (TPSA) is 50.8 Å². The molecule has 0 aliphatic rings. The monoisotopic (exact) mass is 325 g/mol. The van der Waals surface area contributed by atoms with Crippen LogP contribution in [0.15, 0.2) is 22.7 Å². The quantitative estimate of drug-likeness (QED) is 0.850. The first kappa shape index (κ1) is 12.9. The average molecular weight is 327 g/mol. The summed E-state index contributed by atoms with van der Waals surface area (Å²) in [7, 11) is 3.35. The maximum absolute atomic E-state index is 8.97. The van der Waals surface area contributed by atoms with Crippen molar-refractivity contribution in [1.29, 1.82) is 5.26 Å². The normalized spacial score (nSPS) is 10.2. The number of nitrogens with zero attached hydrogens (tertiary/aromatic N) is 3. The Bertz CT molecular complexity index is 646. The van der Waals surface area contributed by atoms with Crippen LogP contribution in [0, 0.1) is 11.3 Å². The Balaban J connectivity index is 2.73. The van der Waals surface area contributed by atoms with E-state index < -0.39 is 0 Å². The molecule has 0 bridgehead atoms. The van der Waals surface area contributed by atoms with E-state index in [-0.39, 0.29) is 0 Å². The molecule has 2 aromatic rings. The number of methoxy groups -OCH3 is 1. The highest BCUT2D eigenvalue weighted by molar-refractivity contribution is 9.10. The summed E-state index contributed by atoms with van der Waals surface area (Å²) in [6.45, 7) is 0. The minimum atomic E-state index is 0.328. The summed E-state index contributed by atoms with van der Waals surface area (Å²) in [6.07, 6.45) is 0. The third-order valence-corrected chi connectivity index (χ3v) is 3.50. The van der Waals surface area contributed by atoms with E-state index in [4.69, 9.17) is 21.6 Å². The van der Waals surface area contributed by atoms with Gasteiger partial charge in [-0.15, -0.1) is 0 Å². The fourth-order valence-electron chi connectivity index (χ4n) is 1.73. The molecule has 0 radical (unpaired) electrons. The van der Waals surface area contributed by atoms with Crippen molar-refractivity contribution in [3.63, 3.8) is 0 Å². The van der Waals surface area contributed by atoms with Gasteiger partial charge in [-0.1, -0.05) is 11.6 Å². The molecule has 2 rings (SSSR count). The molecule has 0 aliphatic heterocycles. The van der Waals surface area contributed by atoms with Gasteiger partial charge in [0.2, 0.25) is 0 Å². The fourth-order valence-corrected chi connectivity index (χ4v) is 2.54. The van der Waals surface area contributed by atoms with Crippen molar-refractivity contribution in [2.45, 2.75) is 0 Å². The minimum Gasteiger partial charge on any atom is -0.496 e. The molecule has 1 aromatic heterocycles. The molecule has 6 heteroatoms. The third kappa shape index (κ3) is 2.09. The van der Waals surface area contributed by atoms with Gasteiger partial charge < -0.3 is 4.74 Å². The third-order valence-electron chi connectivity index (χ3n) is 2.51. The number of rotatable bonds is 2. The van der Waals surface area contributed by atoms with Crippen LogP contribution in [0.5, 0.6) is 5.75 Å². The van der Waals surface area contributed by atoms with Gasteiger partial charge in [-0.2, -0.15) is 10.4 Å². The van der Waals surface area contributed by atoms with Gasteiger partial charge >= 0.3 is 0 Å². The van der Waals surface area contributed by atoms with Crippen LogP contribution in [0.1, 0.15) is 5.69 Å². The molecular weight excluding hydrogens is 318 g/mol. The van der Waals surface area contributed by atoms with Crippen molar-refractivity contribution in [2.24, 2.45) is 7.05 Å². The highest BCUT2D eigenvalue weighted by Crippen LogP contribution is 2.37. The SMILES string of the molecule is COc1ccc(Cl)cc1-c1c(Br)c(C#N)nn1C. The second-order valence-electron chi connectivity index (χ2n) is 3.59. The number of aromatic nitrogens is 2. The first-order chi connectivity index (χ1) is 8.58. The van der Waals surface area contributed by atoms with E-state index in [0.717, 1.165) is 11.3 Å². The molecule has 1 aromatic carbocycles. The lowest BCUT2D eigenvalue weighted by molar-refractivity contribution is 0.416. The standard InChI is InChI=1S/C12H9BrClN3O/c1-17-12(11(13)9(6-15)16-17)8-5-7(14)3-4-10(8)18-2/h3-5H,1-2H3. The van der Waals surface area contributed by atoms with Crippen LogP contribution in [0.25, 0.3) is 11.3 Å². The maximum Gasteiger partial charge on any atom is 0.177 e. The van der Waals surface area contributed by atoms with Gasteiger partial charge in [-0.05, 0) is 34.1 Å². The number of hydrogen-bond acceptors (Lipinski definition) is 3. The zero-order valence-corrected chi connectivity index (χ0v) is 12.1. The van der Waals surface area contributed by atoms with E-state index in [9.17, 15) is 0 Å². The Morgan fingerprint density at radius 3 is 2.78 bits per heavy atom. The zero-order chi connectivity index (χ0) is 13.3. The molecule has 0 atom stereocenters. The number of nitriles is 1. The van der Waals surface area contributed by atoms with Crippen LogP contribution in [0.3, 0.4) is 0 Å². The number of halogens is 2. The summed E-state index contributed by atoms with van der Waals surface area (Å²) in [5.41, 5.74) is 1.87. The van der Waals surface area contributed by atoms with Crippen molar-refractivity contribution in [2.75, 3.05) is 7.11 Å². The molecule has 0 N–H and O–H groups in total. The Kier molecular flexibility index (Phi) is 3.60. The number of benzene rings is 1. The summed E-state index contributed by atoms with van der Waals surface area (Å²) >= 11 is 9.39. The van der Waals surface area contributed by atoms with Crippen molar-refractivity contribution < 1.29 is 4.74 Å². The van der Waals surface area contributed by atoms with Crippen LogP contribution in [0.2, 0.25) is 5.02 Å². The van der Waals surface area contributed by atoms with Gasteiger partial charge in [0.15, 0.2) is 5.69 Å². The smallest absolute Gasteiger partial charge is 0.177 e. The summed E-state index contributed by atoms with van der Waals surface area (Å²) in [5.74, 6) is 0.674. The van der Waals surface area contributed by atoms with Crippen LogP contribution < -0.4 is 4.74 Å². The molecule has 1 heterocycles. The lowest BCUT2D eigenvalue weighted by atomic mass is 10.1. The predicted octanol–water partition coefficient (Wildman–Crippen LogP) is 3.38. The summed E-state index contributed by atoms with van der Waals surface area (Å²) in [6, 6.07) is 7.34. The molecule has 0 saturated carbocycles. The van der Waals surface area contributed by atoms with Crippen molar-refractivity contribution in [3.05, 3.63) is 33.4 Å². The van der Waals surface area contributed by atoms with Gasteiger partial charge in [0.1, 0.15) is 11.8 Å². The van der Waals surface area contributed by atoms with Gasteiger partial charge in [0, 0.05) is 17.6 Å². The molecule has 0 spiro atoms. The van der Waals surface area contributed by atoms with Crippen LogP contribution in [0.4, 0.5) is 0 Å². The lowest BCUT2D eigenvalue weighted by Crippen LogP contribution is -1.96. The van der Waals surface area contributed by atoms with E-state index >= 15 is 0 Å². The highest BCUT2D eigenvalue weighted by atomic mass is 79.9. The number of hydrogen-bond donors (Lipinski definition) is 0. The maximum atomic E-state index is 8.97. The Labute approximate surface area is 118 Å². The first-order valence-electron chi connectivity index (χ1n) is 5.05. The predicted molar refractivity (Wildman–Crippen MR) is 72.6 cm³/mol. The van der Waals surface area contributed by atoms with Crippen LogP contribution in [-0.4, -0.2) is 16.9 Å². The molecule has 0 amide bonds. The van der Waals surface area contributed by atoms with E-state index in [1.807, 2.05) is 6.07 Å². The molecule has 0 saturated heterocycles. The number of aryl methyl sites for hydroxylation is 1. The lowest BCUT2D eigenvalue weighted by Gasteiger charge is -2.09. The van der Waals surface area contributed by atoms with E-state index in [1.54, 1.807) is 37.0 Å². The highest BCUT2D eigenvalue weighted by Gasteiger charge is 2.18. The summed E-state index contributed by atoms with van der Waals surface area (Å²) in [5, 5.41) is 13.7. The minimum absolute atomic E-state index is 0.328. The Morgan fingerprint density at radius 2 is 2.22 bits per heavy atom. The largest absolute Gasteiger partial charge is 0.496 e. The van der Waals surface area contributed by atoms with Gasteiger partial charge in [0.25, 0.3) is 0 Å². The van der Waals surface area contributed by atoms with Crippen molar-refractivity contribution in [1.82, 2.24) is 9.78 Å². The molecule has 0 fully saturated rings. The average Bonchev–Trinajstić information content (AvgIpc) is 2.64. The summed E-state index contributed by atoms with van der Waals surface area (Å²) in [4.78, 5) is 0. The Hall–Kier alpha value is -1.51. The molecular formula is C12H9BrClN3O. The van der Waals surface area contributed by atoms with E-state index in [2.05, 4.69) is 21.0 Å². The molecule has 4 nitrogen and oxygen atoms in total. The van der Waals surface area contributed by atoms with E-state index in [1.165, 1.54) is 0 Å². The number of ether oxygens (including phenoxy) is 1. The van der Waals surface area contributed by atoms with Gasteiger partial charge in [0.05, 0.1) is 17.3 Å². The van der Waals surface area contributed by atoms with Crippen LogP contribution in [-0.2, 0) is 7.05 Å². The second kappa shape index (κ2) is 5.01. The van der Waals surface area contributed by atoms with Crippen LogP contribution >= 0.6 is 27.5 Å². The first-order valence-corrected chi connectivity index (χ1v) is 6.22. The summed E-state index contributed by atoms with van der Waals surface area (Å²) < 4.78 is 7.56. The molecule has 0 unspecified atom stereocenters. The van der Waals surface area contributed by atoms with Crippen molar-refractivity contribution >= 4 is 27.5 Å². The fraction of sp³-hybridized carbons (Fsp3) is 0.167. The Morgan fingerprint density at radius 1 is 1.50 bits per heavy atom. The molecule has 18 heavy (non-hydrogen) atoms.